The highest BCUT2D eigenvalue weighted by Crippen LogP contribution is 2.34. The second kappa shape index (κ2) is 9.85. The number of hydrogen-bond acceptors (Lipinski definition) is 6. The maximum Gasteiger partial charge on any atom is 0.339 e. The van der Waals surface area contributed by atoms with Gasteiger partial charge in [-0.15, -0.1) is 0 Å². The van der Waals surface area contributed by atoms with Gasteiger partial charge in [0, 0.05) is 21.4 Å². The molecular formula is C22H20Cl2N2O5. The molecule has 9 heteroatoms. The van der Waals surface area contributed by atoms with E-state index in [-0.39, 0.29) is 24.5 Å². The lowest BCUT2D eigenvalue weighted by molar-refractivity contribution is -0.147. The van der Waals surface area contributed by atoms with Crippen molar-refractivity contribution in [2.45, 2.75) is 19.9 Å². The first-order chi connectivity index (χ1) is 14.9. The van der Waals surface area contributed by atoms with E-state index in [1.165, 1.54) is 4.90 Å². The molecule has 0 aliphatic carbocycles. The summed E-state index contributed by atoms with van der Waals surface area (Å²) in [7, 11) is 0. The number of nitrogens with zero attached hydrogens (tertiary/aromatic N) is 1. The van der Waals surface area contributed by atoms with Crippen molar-refractivity contribution in [3.63, 3.8) is 0 Å². The monoisotopic (exact) mass is 462 g/mol. The summed E-state index contributed by atoms with van der Waals surface area (Å²) in [5.41, 5.74) is 0.682. The van der Waals surface area contributed by atoms with Gasteiger partial charge in [-0.1, -0.05) is 23.2 Å². The van der Waals surface area contributed by atoms with Crippen LogP contribution in [0, 0.1) is 0 Å². The van der Waals surface area contributed by atoms with Crippen LogP contribution in [0.15, 0.2) is 59.8 Å². The standard InChI is InChI=1S/C22H20Cl2N2O5/c1-3-30-21(28)17-18(25-15-9-5-13(23)6-10-15)20(27)26(19(17)22(29)31-4-2)16-11-7-14(24)8-12-16/h5-12,19,25H,3-4H2,1-2H3. The fourth-order valence-corrected chi connectivity index (χ4v) is 3.40. The zero-order valence-electron chi connectivity index (χ0n) is 16.9. The maximum atomic E-state index is 13.4. The zero-order chi connectivity index (χ0) is 22.5. The molecule has 0 saturated heterocycles. The molecule has 0 aromatic heterocycles. The molecule has 1 N–H and O–H groups in total. The number of ether oxygens (including phenoxy) is 2. The Bertz CT molecular complexity index is 1020. The Labute approximate surface area is 189 Å². The quantitative estimate of drug-likeness (QED) is 0.620. The summed E-state index contributed by atoms with van der Waals surface area (Å²) in [5.74, 6) is -2.12. The number of hydrogen-bond donors (Lipinski definition) is 1. The highest BCUT2D eigenvalue weighted by molar-refractivity contribution is 6.31. The molecule has 7 nitrogen and oxygen atoms in total. The van der Waals surface area contributed by atoms with Crippen LogP contribution in [0.3, 0.4) is 0 Å². The molecule has 1 amide bonds. The maximum absolute atomic E-state index is 13.4. The van der Waals surface area contributed by atoms with Gasteiger partial charge in [-0.25, -0.2) is 9.59 Å². The van der Waals surface area contributed by atoms with Crippen LogP contribution in [-0.4, -0.2) is 37.1 Å². The number of amides is 1. The van der Waals surface area contributed by atoms with Crippen LogP contribution in [-0.2, 0) is 23.9 Å². The fraction of sp³-hybridized carbons (Fsp3) is 0.227. The molecule has 31 heavy (non-hydrogen) atoms. The van der Waals surface area contributed by atoms with E-state index in [1.54, 1.807) is 62.4 Å². The number of anilines is 2. The van der Waals surface area contributed by atoms with Crippen molar-refractivity contribution in [3.8, 4) is 0 Å². The molecule has 3 rings (SSSR count). The van der Waals surface area contributed by atoms with Gasteiger partial charge in [-0.3, -0.25) is 9.69 Å². The van der Waals surface area contributed by atoms with E-state index in [0.717, 1.165) is 0 Å². The van der Waals surface area contributed by atoms with Crippen molar-refractivity contribution in [1.82, 2.24) is 0 Å². The SMILES string of the molecule is CCOC(=O)C1=C(Nc2ccc(Cl)cc2)C(=O)N(c2ccc(Cl)cc2)C1C(=O)OCC. The zero-order valence-corrected chi connectivity index (χ0v) is 18.4. The third kappa shape index (κ3) is 4.84. The van der Waals surface area contributed by atoms with E-state index in [2.05, 4.69) is 5.32 Å². The molecule has 0 bridgehead atoms. The predicted molar refractivity (Wildman–Crippen MR) is 118 cm³/mol. The average molecular weight is 463 g/mol. The second-order valence-electron chi connectivity index (χ2n) is 6.45. The van der Waals surface area contributed by atoms with E-state index >= 15 is 0 Å². The molecule has 1 aliphatic heterocycles. The smallest absolute Gasteiger partial charge is 0.339 e. The Kier molecular flexibility index (Phi) is 7.20. The normalized spacial score (nSPS) is 15.8. The van der Waals surface area contributed by atoms with Crippen LogP contribution in [0.5, 0.6) is 0 Å². The molecule has 2 aromatic rings. The summed E-state index contributed by atoms with van der Waals surface area (Å²) in [6.45, 7) is 3.43. The van der Waals surface area contributed by atoms with E-state index < -0.39 is 23.9 Å². The minimum atomic E-state index is -1.32. The topological polar surface area (TPSA) is 84.9 Å². The molecule has 1 aliphatic rings. The van der Waals surface area contributed by atoms with E-state index in [4.69, 9.17) is 32.7 Å². The van der Waals surface area contributed by atoms with Crippen LogP contribution in [0.4, 0.5) is 11.4 Å². The van der Waals surface area contributed by atoms with E-state index in [1.807, 2.05) is 0 Å². The minimum absolute atomic E-state index is 0.0707. The Hall–Kier alpha value is -3.03. The minimum Gasteiger partial charge on any atom is -0.464 e. The van der Waals surface area contributed by atoms with Crippen LogP contribution in [0.1, 0.15) is 13.8 Å². The largest absolute Gasteiger partial charge is 0.464 e. The van der Waals surface area contributed by atoms with Crippen molar-refractivity contribution in [2.75, 3.05) is 23.4 Å². The Balaban J connectivity index is 2.13. The van der Waals surface area contributed by atoms with Gasteiger partial charge in [-0.2, -0.15) is 0 Å². The van der Waals surface area contributed by atoms with Crippen LogP contribution < -0.4 is 10.2 Å². The van der Waals surface area contributed by atoms with Gasteiger partial charge in [0.2, 0.25) is 0 Å². The van der Waals surface area contributed by atoms with Gasteiger partial charge in [0.25, 0.3) is 5.91 Å². The summed E-state index contributed by atoms with van der Waals surface area (Å²) in [6, 6.07) is 11.6. The Morgan fingerprint density at radius 1 is 0.935 bits per heavy atom. The number of halogens is 2. The van der Waals surface area contributed by atoms with Crippen LogP contribution in [0.25, 0.3) is 0 Å². The summed E-state index contributed by atoms with van der Waals surface area (Å²) in [4.78, 5) is 40.3. The fourth-order valence-electron chi connectivity index (χ4n) is 3.15. The highest BCUT2D eigenvalue weighted by atomic mass is 35.5. The molecule has 0 saturated carbocycles. The van der Waals surface area contributed by atoms with Gasteiger partial charge in [0.15, 0.2) is 6.04 Å². The first-order valence-corrected chi connectivity index (χ1v) is 10.3. The Morgan fingerprint density at radius 2 is 1.48 bits per heavy atom. The molecule has 162 valence electrons. The van der Waals surface area contributed by atoms with Gasteiger partial charge < -0.3 is 14.8 Å². The van der Waals surface area contributed by atoms with Gasteiger partial charge in [-0.05, 0) is 62.4 Å². The number of benzene rings is 2. The summed E-state index contributed by atoms with van der Waals surface area (Å²) < 4.78 is 10.3. The number of nitrogens with one attached hydrogen (secondary N) is 1. The van der Waals surface area contributed by atoms with Crippen molar-refractivity contribution >= 4 is 52.4 Å². The number of carbonyl (C=O) groups excluding carboxylic acids is 3. The molecule has 0 spiro atoms. The molecule has 1 unspecified atom stereocenters. The third-order valence-corrected chi connectivity index (χ3v) is 4.96. The summed E-state index contributed by atoms with van der Waals surface area (Å²) in [6.07, 6.45) is 0. The molecule has 2 aromatic carbocycles. The van der Waals surface area contributed by atoms with Crippen molar-refractivity contribution < 1.29 is 23.9 Å². The van der Waals surface area contributed by atoms with E-state index in [9.17, 15) is 14.4 Å². The second-order valence-corrected chi connectivity index (χ2v) is 7.32. The van der Waals surface area contributed by atoms with Crippen molar-refractivity contribution in [2.24, 2.45) is 0 Å². The van der Waals surface area contributed by atoms with Crippen molar-refractivity contribution in [3.05, 3.63) is 69.8 Å². The lowest BCUT2D eigenvalue weighted by atomic mass is 10.1. The lowest BCUT2D eigenvalue weighted by Gasteiger charge is -2.24. The lowest BCUT2D eigenvalue weighted by Crippen LogP contribution is -2.43. The summed E-state index contributed by atoms with van der Waals surface area (Å²) >= 11 is 11.9. The average Bonchev–Trinajstić information content (AvgIpc) is 3.03. The summed E-state index contributed by atoms with van der Waals surface area (Å²) in [5, 5.41) is 3.91. The number of rotatable bonds is 7. The van der Waals surface area contributed by atoms with Crippen LogP contribution >= 0.6 is 23.2 Å². The first kappa shape index (κ1) is 22.7. The molecule has 1 heterocycles. The first-order valence-electron chi connectivity index (χ1n) is 9.57. The molecular weight excluding hydrogens is 443 g/mol. The Morgan fingerprint density at radius 3 is 2.03 bits per heavy atom. The number of esters is 2. The molecule has 0 radical (unpaired) electrons. The highest BCUT2D eigenvalue weighted by Gasteiger charge is 2.49. The van der Waals surface area contributed by atoms with Crippen LogP contribution in [0.2, 0.25) is 10.0 Å². The van der Waals surface area contributed by atoms with Gasteiger partial charge in [0.1, 0.15) is 11.3 Å². The van der Waals surface area contributed by atoms with E-state index in [0.29, 0.717) is 21.4 Å². The third-order valence-electron chi connectivity index (χ3n) is 4.46. The predicted octanol–water partition coefficient (Wildman–Crippen LogP) is 4.20. The number of carbonyl (C=O) groups is 3. The van der Waals surface area contributed by atoms with Gasteiger partial charge in [0.05, 0.1) is 13.2 Å². The molecule has 1 atom stereocenters. The van der Waals surface area contributed by atoms with Gasteiger partial charge >= 0.3 is 11.9 Å². The molecule has 0 fully saturated rings. The van der Waals surface area contributed by atoms with Crippen molar-refractivity contribution in [1.29, 1.82) is 0 Å².